The number of rotatable bonds is 4. The third kappa shape index (κ3) is 3.38. The first-order valence-corrected chi connectivity index (χ1v) is 10.8. The molecular weight excluding hydrogens is 378 g/mol. The number of nitrogens with one attached hydrogen (secondary N) is 1. The molecule has 1 N–H and O–H groups in total. The normalized spacial score (nSPS) is 17.4. The van der Waals surface area contributed by atoms with Crippen molar-refractivity contribution in [3.8, 4) is 11.3 Å². The number of fused-ring (bicyclic) bond motifs is 2. The van der Waals surface area contributed by atoms with E-state index in [2.05, 4.69) is 28.2 Å². The summed E-state index contributed by atoms with van der Waals surface area (Å²) in [5.74, 6) is 0.593. The number of carbonyl (C=O) groups is 2. The highest BCUT2D eigenvalue weighted by Gasteiger charge is 2.29. The van der Waals surface area contributed by atoms with Crippen molar-refractivity contribution in [2.24, 2.45) is 7.05 Å². The van der Waals surface area contributed by atoms with Crippen LogP contribution in [0, 0.1) is 0 Å². The average Bonchev–Trinajstić information content (AvgIpc) is 3.33. The van der Waals surface area contributed by atoms with E-state index < -0.39 is 0 Å². The van der Waals surface area contributed by atoms with Crippen molar-refractivity contribution in [2.75, 3.05) is 11.4 Å². The van der Waals surface area contributed by atoms with Crippen LogP contribution in [-0.4, -0.2) is 38.7 Å². The molecular formula is C23H27N5O2. The summed E-state index contributed by atoms with van der Waals surface area (Å²) >= 11 is 0. The summed E-state index contributed by atoms with van der Waals surface area (Å²) in [7, 11) is 2.02. The van der Waals surface area contributed by atoms with Gasteiger partial charge in [-0.1, -0.05) is 37.5 Å². The maximum absolute atomic E-state index is 12.7. The third-order valence-corrected chi connectivity index (χ3v) is 6.32. The van der Waals surface area contributed by atoms with Crippen LogP contribution in [0.1, 0.15) is 38.5 Å². The van der Waals surface area contributed by atoms with E-state index in [1.54, 1.807) is 4.90 Å². The molecule has 0 radical (unpaired) electrons. The van der Waals surface area contributed by atoms with Crippen LogP contribution in [0.4, 0.5) is 5.82 Å². The molecule has 0 bridgehead atoms. The SMILES string of the molecule is Cn1cc(-c2cc3n(n2)CCC(=O)N3CC(=O)NC2CCCCC2)c2ccccc21. The molecule has 2 aromatic heterocycles. The highest BCUT2D eigenvalue weighted by Crippen LogP contribution is 2.33. The van der Waals surface area contributed by atoms with Crippen molar-refractivity contribution in [3.05, 3.63) is 36.5 Å². The van der Waals surface area contributed by atoms with Crippen molar-refractivity contribution < 1.29 is 9.59 Å². The first-order valence-electron chi connectivity index (χ1n) is 10.8. The van der Waals surface area contributed by atoms with E-state index in [4.69, 9.17) is 5.10 Å². The van der Waals surface area contributed by atoms with E-state index >= 15 is 0 Å². The second-order valence-electron chi connectivity index (χ2n) is 8.41. The lowest BCUT2D eigenvalue weighted by molar-refractivity contribution is -0.125. The van der Waals surface area contributed by atoms with Crippen LogP contribution >= 0.6 is 0 Å². The highest BCUT2D eigenvalue weighted by molar-refractivity contribution is 6.00. The topological polar surface area (TPSA) is 72.2 Å². The Morgan fingerprint density at radius 3 is 2.83 bits per heavy atom. The summed E-state index contributed by atoms with van der Waals surface area (Å²) in [5.41, 5.74) is 3.00. The standard InChI is InChI=1S/C23H27N5O2/c1-26-14-18(17-9-5-6-10-20(17)26)19-13-22-27(23(30)11-12-28(22)25-19)15-21(29)24-16-7-3-2-4-8-16/h5-6,9-10,13-14,16H,2-4,7-8,11-12,15H2,1H3,(H,24,29). The molecule has 0 atom stereocenters. The van der Waals surface area contributed by atoms with Crippen LogP contribution in [-0.2, 0) is 23.2 Å². The van der Waals surface area contributed by atoms with Crippen LogP contribution in [0.3, 0.4) is 0 Å². The second-order valence-corrected chi connectivity index (χ2v) is 8.41. The average molecular weight is 406 g/mol. The molecule has 0 unspecified atom stereocenters. The molecule has 1 fully saturated rings. The van der Waals surface area contributed by atoms with Gasteiger partial charge in [-0.15, -0.1) is 0 Å². The first kappa shape index (κ1) is 18.9. The van der Waals surface area contributed by atoms with Gasteiger partial charge in [0.2, 0.25) is 11.8 Å². The Kier molecular flexibility index (Phi) is 4.81. The third-order valence-electron chi connectivity index (χ3n) is 6.32. The fraction of sp³-hybridized carbons (Fsp3) is 0.435. The van der Waals surface area contributed by atoms with Gasteiger partial charge in [0, 0.05) is 48.2 Å². The number of aromatic nitrogens is 3. The lowest BCUT2D eigenvalue weighted by atomic mass is 9.95. The number of amides is 2. The number of anilines is 1. The van der Waals surface area contributed by atoms with Gasteiger partial charge in [0.1, 0.15) is 12.4 Å². The van der Waals surface area contributed by atoms with Gasteiger partial charge in [0.05, 0.1) is 12.2 Å². The molecule has 1 aromatic carbocycles. The predicted octanol–water partition coefficient (Wildman–Crippen LogP) is 3.23. The van der Waals surface area contributed by atoms with E-state index in [0.29, 0.717) is 18.8 Å². The molecule has 3 aromatic rings. The Bertz CT molecular complexity index is 1110. The lowest BCUT2D eigenvalue weighted by Crippen LogP contribution is -2.47. The van der Waals surface area contributed by atoms with Crippen LogP contribution in [0.2, 0.25) is 0 Å². The maximum Gasteiger partial charge on any atom is 0.240 e. The Morgan fingerprint density at radius 1 is 1.20 bits per heavy atom. The van der Waals surface area contributed by atoms with Crippen LogP contribution in [0.15, 0.2) is 36.5 Å². The zero-order valence-electron chi connectivity index (χ0n) is 17.3. The smallest absolute Gasteiger partial charge is 0.240 e. The molecule has 2 amide bonds. The number of hydrogen-bond donors (Lipinski definition) is 1. The summed E-state index contributed by atoms with van der Waals surface area (Å²) in [4.78, 5) is 26.9. The van der Waals surface area contributed by atoms with Crippen molar-refractivity contribution in [1.82, 2.24) is 19.7 Å². The zero-order chi connectivity index (χ0) is 20.7. The summed E-state index contributed by atoms with van der Waals surface area (Å²) in [6.07, 6.45) is 8.06. The molecule has 0 spiro atoms. The number of para-hydroxylation sites is 1. The van der Waals surface area contributed by atoms with E-state index in [1.807, 2.05) is 29.9 Å². The maximum atomic E-state index is 12.7. The summed E-state index contributed by atoms with van der Waals surface area (Å²) in [6, 6.07) is 10.4. The van der Waals surface area contributed by atoms with Gasteiger partial charge >= 0.3 is 0 Å². The van der Waals surface area contributed by atoms with Crippen molar-refractivity contribution in [2.45, 2.75) is 51.1 Å². The molecule has 0 saturated heterocycles. The number of benzene rings is 1. The molecule has 30 heavy (non-hydrogen) atoms. The van der Waals surface area contributed by atoms with Gasteiger partial charge in [-0.05, 0) is 18.9 Å². The lowest BCUT2D eigenvalue weighted by Gasteiger charge is -2.28. The number of nitrogens with zero attached hydrogens (tertiary/aromatic N) is 4. The van der Waals surface area contributed by atoms with Crippen LogP contribution in [0.25, 0.3) is 22.2 Å². The molecule has 1 aliphatic heterocycles. The van der Waals surface area contributed by atoms with Crippen LogP contribution in [0.5, 0.6) is 0 Å². The molecule has 156 valence electrons. The van der Waals surface area contributed by atoms with Crippen molar-refractivity contribution in [1.29, 1.82) is 0 Å². The van der Waals surface area contributed by atoms with Gasteiger partial charge in [-0.25, -0.2) is 4.68 Å². The molecule has 5 rings (SSSR count). The van der Waals surface area contributed by atoms with Gasteiger partial charge in [0.25, 0.3) is 0 Å². The Labute approximate surface area is 175 Å². The molecule has 1 saturated carbocycles. The fourth-order valence-electron chi connectivity index (χ4n) is 4.76. The van der Waals surface area contributed by atoms with Gasteiger partial charge in [-0.3, -0.25) is 14.5 Å². The number of carbonyl (C=O) groups excluding carboxylic acids is 2. The van der Waals surface area contributed by atoms with Gasteiger partial charge in [-0.2, -0.15) is 5.10 Å². The number of hydrogen-bond acceptors (Lipinski definition) is 3. The van der Waals surface area contributed by atoms with Gasteiger partial charge in [0.15, 0.2) is 0 Å². The highest BCUT2D eigenvalue weighted by atomic mass is 16.2. The fourth-order valence-corrected chi connectivity index (χ4v) is 4.76. The second kappa shape index (κ2) is 7.63. The van der Waals surface area contributed by atoms with E-state index in [1.165, 1.54) is 6.42 Å². The van der Waals surface area contributed by atoms with Crippen molar-refractivity contribution >= 4 is 28.5 Å². The quantitative estimate of drug-likeness (QED) is 0.724. The molecule has 1 aliphatic carbocycles. The Morgan fingerprint density at radius 2 is 2.00 bits per heavy atom. The van der Waals surface area contributed by atoms with Gasteiger partial charge < -0.3 is 9.88 Å². The number of aryl methyl sites for hydroxylation is 2. The minimum absolute atomic E-state index is 0.0225. The minimum Gasteiger partial charge on any atom is -0.352 e. The van der Waals surface area contributed by atoms with E-state index in [9.17, 15) is 9.59 Å². The Balaban J connectivity index is 1.42. The summed E-state index contributed by atoms with van der Waals surface area (Å²) < 4.78 is 3.94. The first-order chi connectivity index (χ1) is 14.6. The summed E-state index contributed by atoms with van der Waals surface area (Å²) in [5, 5.41) is 9.02. The monoisotopic (exact) mass is 405 g/mol. The van der Waals surface area contributed by atoms with E-state index in [0.717, 1.165) is 47.8 Å². The summed E-state index contributed by atoms with van der Waals surface area (Å²) in [6.45, 7) is 0.593. The van der Waals surface area contributed by atoms with E-state index in [-0.39, 0.29) is 24.4 Å². The largest absolute Gasteiger partial charge is 0.352 e. The zero-order valence-corrected chi connectivity index (χ0v) is 17.3. The molecule has 7 nitrogen and oxygen atoms in total. The Hall–Kier alpha value is -3.09. The molecule has 7 heteroatoms. The molecule has 3 heterocycles. The van der Waals surface area contributed by atoms with Crippen LogP contribution < -0.4 is 10.2 Å². The molecule has 2 aliphatic rings. The minimum atomic E-state index is -0.0865. The predicted molar refractivity (Wildman–Crippen MR) is 116 cm³/mol. The van der Waals surface area contributed by atoms with Crippen molar-refractivity contribution in [3.63, 3.8) is 0 Å².